The zero-order chi connectivity index (χ0) is 13.3. The molecular formula is C13H12ClFN2O. The Morgan fingerprint density at radius 2 is 2.00 bits per heavy atom. The SMILES string of the molecule is CC(C)(O)c1ccnc(-c2cnc(Cl)cc2F)c1. The number of hydrogen-bond donors (Lipinski definition) is 1. The first kappa shape index (κ1) is 12.9. The molecule has 0 aliphatic rings. The number of nitrogens with zero attached hydrogens (tertiary/aromatic N) is 2. The van der Waals surface area contributed by atoms with Gasteiger partial charge in [-0.2, -0.15) is 0 Å². The first-order chi connectivity index (χ1) is 8.38. The van der Waals surface area contributed by atoms with Crippen LogP contribution in [0.5, 0.6) is 0 Å². The minimum Gasteiger partial charge on any atom is -0.386 e. The molecule has 0 atom stereocenters. The van der Waals surface area contributed by atoms with Crippen molar-refractivity contribution in [3.8, 4) is 11.3 Å². The Balaban J connectivity index is 2.51. The van der Waals surface area contributed by atoms with Crippen molar-refractivity contribution in [2.45, 2.75) is 19.4 Å². The molecule has 0 spiro atoms. The molecular weight excluding hydrogens is 255 g/mol. The fourth-order valence-electron chi connectivity index (χ4n) is 1.55. The lowest BCUT2D eigenvalue weighted by molar-refractivity contribution is 0.0785. The van der Waals surface area contributed by atoms with Crippen LogP contribution in [0.1, 0.15) is 19.4 Å². The van der Waals surface area contributed by atoms with Gasteiger partial charge in [0.15, 0.2) is 0 Å². The molecule has 2 aromatic heterocycles. The van der Waals surface area contributed by atoms with Crippen LogP contribution in [-0.4, -0.2) is 15.1 Å². The molecule has 0 saturated carbocycles. The molecule has 94 valence electrons. The zero-order valence-corrected chi connectivity index (χ0v) is 10.7. The highest BCUT2D eigenvalue weighted by molar-refractivity contribution is 6.29. The van der Waals surface area contributed by atoms with Gasteiger partial charge in [0.1, 0.15) is 11.0 Å². The molecule has 2 aromatic rings. The lowest BCUT2D eigenvalue weighted by Crippen LogP contribution is -2.15. The van der Waals surface area contributed by atoms with Gasteiger partial charge in [-0.15, -0.1) is 0 Å². The summed E-state index contributed by atoms with van der Waals surface area (Å²) in [5.41, 5.74) is 0.317. The maximum Gasteiger partial charge on any atom is 0.137 e. The van der Waals surface area contributed by atoms with Crippen molar-refractivity contribution in [1.82, 2.24) is 9.97 Å². The molecule has 0 aliphatic carbocycles. The minimum atomic E-state index is -1.01. The molecule has 0 aromatic carbocycles. The van der Waals surface area contributed by atoms with Crippen LogP contribution >= 0.6 is 11.6 Å². The average molecular weight is 267 g/mol. The molecule has 2 rings (SSSR count). The molecule has 0 fully saturated rings. The van der Waals surface area contributed by atoms with Crippen LogP contribution in [-0.2, 0) is 5.60 Å². The van der Waals surface area contributed by atoms with Gasteiger partial charge in [-0.3, -0.25) is 4.98 Å². The minimum absolute atomic E-state index is 0.0925. The lowest BCUT2D eigenvalue weighted by Gasteiger charge is -2.18. The summed E-state index contributed by atoms with van der Waals surface area (Å²) < 4.78 is 13.7. The second-order valence-corrected chi connectivity index (χ2v) is 4.86. The molecule has 0 saturated heterocycles. The molecule has 1 N–H and O–H groups in total. The molecule has 0 radical (unpaired) electrons. The van der Waals surface area contributed by atoms with Gasteiger partial charge in [0.25, 0.3) is 0 Å². The predicted molar refractivity (Wildman–Crippen MR) is 67.7 cm³/mol. The first-order valence-electron chi connectivity index (χ1n) is 5.38. The summed E-state index contributed by atoms with van der Waals surface area (Å²) in [7, 11) is 0. The van der Waals surface area contributed by atoms with Crippen LogP contribution in [0.3, 0.4) is 0 Å². The Bertz CT molecular complexity index is 581. The maximum absolute atomic E-state index is 13.7. The predicted octanol–water partition coefficient (Wildman–Crippen LogP) is 3.16. The summed E-state index contributed by atoms with van der Waals surface area (Å²) in [5, 5.41) is 10.0. The van der Waals surface area contributed by atoms with E-state index in [2.05, 4.69) is 9.97 Å². The summed E-state index contributed by atoms with van der Waals surface area (Å²) in [5.74, 6) is -0.490. The van der Waals surface area contributed by atoms with Gasteiger partial charge >= 0.3 is 0 Å². The molecule has 0 aliphatic heterocycles. The quantitative estimate of drug-likeness (QED) is 0.850. The summed E-state index contributed by atoms with van der Waals surface area (Å²) in [6, 6.07) is 4.45. The van der Waals surface area contributed by atoms with Crippen molar-refractivity contribution in [2.24, 2.45) is 0 Å². The van der Waals surface area contributed by atoms with Gasteiger partial charge in [0, 0.05) is 18.5 Å². The van der Waals surface area contributed by atoms with E-state index in [9.17, 15) is 9.50 Å². The van der Waals surface area contributed by atoms with Crippen molar-refractivity contribution < 1.29 is 9.50 Å². The van der Waals surface area contributed by atoms with E-state index in [4.69, 9.17) is 11.6 Å². The third-order valence-electron chi connectivity index (χ3n) is 2.56. The van der Waals surface area contributed by atoms with E-state index >= 15 is 0 Å². The summed E-state index contributed by atoms with van der Waals surface area (Å²) >= 11 is 5.60. The fourth-order valence-corrected chi connectivity index (χ4v) is 1.70. The monoisotopic (exact) mass is 266 g/mol. The van der Waals surface area contributed by atoms with Crippen LogP contribution in [0.25, 0.3) is 11.3 Å². The smallest absolute Gasteiger partial charge is 0.137 e. The molecule has 0 amide bonds. The Kier molecular flexibility index (Phi) is 3.32. The van der Waals surface area contributed by atoms with Crippen LogP contribution in [0.2, 0.25) is 5.15 Å². The second kappa shape index (κ2) is 4.63. The first-order valence-corrected chi connectivity index (χ1v) is 5.76. The van der Waals surface area contributed by atoms with Crippen LogP contribution in [0.15, 0.2) is 30.6 Å². The topological polar surface area (TPSA) is 46.0 Å². The van der Waals surface area contributed by atoms with Gasteiger partial charge < -0.3 is 5.11 Å². The van der Waals surface area contributed by atoms with Crippen molar-refractivity contribution in [3.05, 3.63) is 47.1 Å². The normalized spacial score (nSPS) is 11.6. The Labute approximate surface area is 109 Å². The largest absolute Gasteiger partial charge is 0.386 e. The third-order valence-corrected chi connectivity index (χ3v) is 2.77. The highest BCUT2D eigenvalue weighted by Crippen LogP contribution is 2.26. The van der Waals surface area contributed by atoms with E-state index in [1.807, 2.05) is 0 Å². The third kappa shape index (κ3) is 2.66. The summed E-state index contributed by atoms with van der Waals surface area (Å²) in [6.45, 7) is 3.31. The summed E-state index contributed by atoms with van der Waals surface area (Å²) in [6.07, 6.45) is 2.85. The molecule has 0 bridgehead atoms. The number of aromatic nitrogens is 2. The molecule has 2 heterocycles. The molecule has 0 unspecified atom stereocenters. The van der Waals surface area contributed by atoms with Crippen LogP contribution in [0, 0.1) is 5.82 Å². The van der Waals surface area contributed by atoms with Crippen LogP contribution in [0.4, 0.5) is 4.39 Å². The number of rotatable bonds is 2. The number of aliphatic hydroxyl groups is 1. The van der Waals surface area contributed by atoms with Crippen molar-refractivity contribution >= 4 is 11.6 Å². The van der Waals surface area contributed by atoms with Crippen molar-refractivity contribution in [2.75, 3.05) is 0 Å². The van der Waals surface area contributed by atoms with Crippen molar-refractivity contribution in [3.63, 3.8) is 0 Å². The van der Waals surface area contributed by atoms with Gasteiger partial charge in [-0.05, 0) is 31.5 Å². The van der Waals surface area contributed by atoms with E-state index in [-0.39, 0.29) is 10.7 Å². The lowest BCUT2D eigenvalue weighted by atomic mass is 9.98. The molecule has 3 nitrogen and oxygen atoms in total. The van der Waals surface area contributed by atoms with E-state index in [0.29, 0.717) is 11.3 Å². The van der Waals surface area contributed by atoms with E-state index in [1.54, 1.807) is 26.0 Å². The van der Waals surface area contributed by atoms with Gasteiger partial charge in [0.2, 0.25) is 0 Å². The Morgan fingerprint density at radius 1 is 1.28 bits per heavy atom. The average Bonchev–Trinajstić information content (AvgIpc) is 2.28. The number of pyridine rings is 2. The van der Waals surface area contributed by atoms with E-state index in [1.165, 1.54) is 12.4 Å². The Morgan fingerprint density at radius 3 is 2.61 bits per heavy atom. The van der Waals surface area contributed by atoms with Crippen LogP contribution < -0.4 is 0 Å². The zero-order valence-electron chi connectivity index (χ0n) is 9.98. The highest BCUT2D eigenvalue weighted by Gasteiger charge is 2.17. The van der Waals surface area contributed by atoms with Gasteiger partial charge in [-0.1, -0.05) is 11.6 Å². The highest BCUT2D eigenvalue weighted by atomic mass is 35.5. The molecule has 18 heavy (non-hydrogen) atoms. The maximum atomic E-state index is 13.7. The van der Waals surface area contributed by atoms with E-state index in [0.717, 1.165) is 6.07 Å². The Hall–Kier alpha value is -1.52. The standard InChI is InChI=1S/C13H12ClFN2O/c1-13(2,18)8-3-4-16-11(5-8)9-7-17-12(14)6-10(9)15/h3-7,18H,1-2H3. The van der Waals surface area contributed by atoms with Gasteiger partial charge in [0.05, 0.1) is 16.9 Å². The number of hydrogen-bond acceptors (Lipinski definition) is 3. The van der Waals surface area contributed by atoms with E-state index < -0.39 is 11.4 Å². The molecule has 5 heteroatoms. The second-order valence-electron chi connectivity index (χ2n) is 4.48. The summed E-state index contributed by atoms with van der Waals surface area (Å²) in [4.78, 5) is 7.91. The fraction of sp³-hybridized carbons (Fsp3) is 0.231. The van der Waals surface area contributed by atoms with Gasteiger partial charge in [-0.25, -0.2) is 9.37 Å². The van der Waals surface area contributed by atoms with Crippen molar-refractivity contribution in [1.29, 1.82) is 0 Å². The number of halogens is 2.